The fourth-order valence-electron chi connectivity index (χ4n) is 4.28. The lowest BCUT2D eigenvalue weighted by Gasteiger charge is -2.19. The van der Waals surface area contributed by atoms with E-state index in [1.807, 2.05) is 19.2 Å². The summed E-state index contributed by atoms with van der Waals surface area (Å²) in [6.45, 7) is 3.42. The standard InChI is InChI=1S/C20H20F2N4O/c1-25-19(24-18-3-2-6-23-20(18)25)10-26-8-13-14(9-26)15(13)11-27-12-4-5-16(21)17(22)7-12/h2-7,13-15H,8-11H2,1H3/t13-,14+,15?. The van der Waals surface area contributed by atoms with Gasteiger partial charge in [0.25, 0.3) is 0 Å². The molecule has 2 aliphatic rings. The second kappa shape index (κ2) is 6.27. The van der Waals surface area contributed by atoms with Crippen molar-refractivity contribution >= 4 is 11.2 Å². The van der Waals surface area contributed by atoms with Gasteiger partial charge in [0.1, 0.15) is 17.1 Å². The molecule has 140 valence electrons. The Labute approximate surface area is 155 Å². The molecule has 7 heteroatoms. The molecule has 3 aromatic rings. The zero-order chi connectivity index (χ0) is 18.5. The topological polar surface area (TPSA) is 43.2 Å². The average Bonchev–Trinajstić information content (AvgIpc) is 2.98. The Bertz CT molecular complexity index is 993. The van der Waals surface area contributed by atoms with E-state index in [-0.39, 0.29) is 0 Å². The molecular weight excluding hydrogens is 350 g/mol. The van der Waals surface area contributed by atoms with Crippen LogP contribution in [0.5, 0.6) is 5.75 Å². The lowest BCUT2D eigenvalue weighted by atomic mass is 10.2. The summed E-state index contributed by atoms with van der Waals surface area (Å²) in [7, 11) is 2.01. The number of piperidine rings is 1. The molecule has 2 fully saturated rings. The molecule has 1 aliphatic heterocycles. The third kappa shape index (κ3) is 2.96. The van der Waals surface area contributed by atoms with Gasteiger partial charge in [-0.2, -0.15) is 0 Å². The van der Waals surface area contributed by atoms with Crippen LogP contribution in [0.1, 0.15) is 5.82 Å². The molecule has 1 aromatic carbocycles. The van der Waals surface area contributed by atoms with Gasteiger partial charge in [-0.15, -0.1) is 0 Å². The highest BCUT2D eigenvalue weighted by atomic mass is 19.2. The Morgan fingerprint density at radius 2 is 1.96 bits per heavy atom. The fraction of sp³-hybridized carbons (Fsp3) is 0.400. The summed E-state index contributed by atoms with van der Waals surface area (Å²) in [5.41, 5.74) is 1.84. The molecule has 3 heterocycles. The number of halogens is 2. The molecule has 0 bridgehead atoms. The monoisotopic (exact) mass is 370 g/mol. The van der Waals surface area contributed by atoms with Crippen LogP contribution in [0.2, 0.25) is 0 Å². The number of fused-ring (bicyclic) bond motifs is 2. The predicted molar refractivity (Wildman–Crippen MR) is 96.1 cm³/mol. The van der Waals surface area contributed by atoms with Gasteiger partial charge in [-0.1, -0.05) is 0 Å². The second-order valence-electron chi connectivity index (χ2n) is 7.51. The number of hydrogen-bond acceptors (Lipinski definition) is 4. The van der Waals surface area contributed by atoms with Gasteiger partial charge in [0.2, 0.25) is 0 Å². The number of likely N-dealkylation sites (tertiary alicyclic amines) is 1. The van der Waals surface area contributed by atoms with Crippen molar-refractivity contribution in [3.63, 3.8) is 0 Å². The Morgan fingerprint density at radius 3 is 2.70 bits per heavy atom. The number of nitrogens with zero attached hydrogens (tertiary/aromatic N) is 4. The first-order valence-corrected chi connectivity index (χ1v) is 9.16. The third-order valence-electron chi connectivity index (χ3n) is 5.87. The van der Waals surface area contributed by atoms with E-state index in [9.17, 15) is 8.78 Å². The molecule has 27 heavy (non-hydrogen) atoms. The summed E-state index contributed by atoms with van der Waals surface area (Å²) < 4.78 is 33.9. The van der Waals surface area contributed by atoms with Crippen molar-refractivity contribution < 1.29 is 13.5 Å². The maximum Gasteiger partial charge on any atom is 0.162 e. The van der Waals surface area contributed by atoms with Gasteiger partial charge in [0.15, 0.2) is 17.3 Å². The molecule has 0 N–H and O–H groups in total. The predicted octanol–water partition coefficient (Wildman–Crippen LogP) is 3.00. The Balaban J connectivity index is 1.16. The minimum absolute atomic E-state index is 0.392. The van der Waals surface area contributed by atoms with Gasteiger partial charge in [0, 0.05) is 38.3 Å². The molecule has 1 aliphatic carbocycles. The van der Waals surface area contributed by atoms with Crippen LogP contribution in [0.4, 0.5) is 8.78 Å². The van der Waals surface area contributed by atoms with Crippen LogP contribution in [0.3, 0.4) is 0 Å². The quantitative estimate of drug-likeness (QED) is 0.693. The van der Waals surface area contributed by atoms with Crippen LogP contribution in [0, 0.1) is 29.4 Å². The van der Waals surface area contributed by atoms with E-state index < -0.39 is 11.6 Å². The van der Waals surface area contributed by atoms with E-state index in [1.54, 1.807) is 6.20 Å². The van der Waals surface area contributed by atoms with Gasteiger partial charge >= 0.3 is 0 Å². The van der Waals surface area contributed by atoms with Crippen LogP contribution >= 0.6 is 0 Å². The molecule has 1 unspecified atom stereocenters. The van der Waals surface area contributed by atoms with E-state index in [1.165, 1.54) is 6.07 Å². The fourth-order valence-corrected chi connectivity index (χ4v) is 4.28. The lowest BCUT2D eigenvalue weighted by Crippen LogP contribution is -2.26. The summed E-state index contributed by atoms with van der Waals surface area (Å²) in [4.78, 5) is 11.5. The number of benzene rings is 1. The highest BCUT2D eigenvalue weighted by molar-refractivity contribution is 5.70. The van der Waals surface area contributed by atoms with E-state index >= 15 is 0 Å². The van der Waals surface area contributed by atoms with Gasteiger partial charge < -0.3 is 9.30 Å². The Morgan fingerprint density at radius 1 is 1.15 bits per heavy atom. The van der Waals surface area contributed by atoms with Gasteiger partial charge in [-0.25, -0.2) is 18.7 Å². The molecule has 0 amide bonds. The van der Waals surface area contributed by atoms with Crippen molar-refractivity contribution in [1.29, 1.82) is 0 Å². The molecule has 3 atom stereocenters. The Hall–Kier alpha value is -2.54. The molecule has 0 spiro atoms. The molecule has 0 radical (unpaired) electrons. The summed E-state index contributed by atoms with van der Waals surface area (Å²) in [5, 5.41) is 0. The average molecular weight is 370 g/mol. The number of hydrogen-bond donors (Lipinski definition) is 0. The summed E-state index contributed by atoms with van der Waals surface area (Å²) in [6.07, 6.45) is 1.79. The minimum atomic E-state index is -0.869. The third-order valence-corrected chi connectivity index (χ3v) is 5.87. The van der Waals surface area contributed by atoms with Crippen molar-refractivity contribution in [2.24, 2.45) is 24.8 Å². The Kier molecular flexibility index (Phi) is 3.86. The van der Waals surface area contributed by atoms with Gasteiger partial charge in [-0.3, -0.25) is 4.90 Å². The molecule has 1 saturated carbocycles. The summed E-state index contributed by atoms with van der Waals surface area (Å²) >= 11 is 0. The van der Waals surface area contributed by atoms with Crippen LogP contribution in [-0.4, -0.2) is 39.1 Å². The summed E-state index contributed by atoms with van der Waals surface area (Å²) in [6, 6.07) is 7.58. The zero-order valence-corrected chi connectivity index (χ0v) is 15.0. The van der Waals surface area contributed by atoms with Crippen molar-refractivity contribution in [2.75, 3.05) is 19.7 Å². The number of aromatic nitrogens is 3. The van der Waals surface area contributed by atoms with Crippen molar-refractivity contribution in [1.82, 2.24) is 19.4 Å². The van der Waals surface area contributed by atoms with Gasteiger partial charge in [0.05, 0.1) is 13.2 Å². The second-order valence-corrected chi connectivity index (χ2v) is 7.51. The maximum atomic E-state index is 13.2. The molecule has 1 saturated heterocycles. The normalized spacial score (nSPS) is 24.3. The molecular formula is C20H20F2N4O. The lowest BCUT2D eigenvalue weighted by molar-refractivity contribution is 0.226. The number of aryl methyl sites for hydroxylation is 1. The van der Waals surface area contributed by atoms with E-state index in [4.69, 9.17) is 9.72 Å². The van der Waals surface area contributed by atoms with E-state index in [0.29, 0.717) is 30.1 Å². The van der Waals surface area contributed by atoms with E-state index in [0.717, 1.165) is 48.8 Å². The molecule has 5 rings (SSSR count). The zero-order valence-electron chi connectivity index (χ0n) is 15.0. The molecule has 5 nitrogen and oxygen atoms in total. The van der Waals surface area contributed by atoms with Crippen LogP contribution in [-0.2, 0) is 13.6 Å². The van der Waals surface area contributed by atoms with Crippen molar-refractivity contribution in [2.45, 2.75) is 6.54 Å². The van der Waals surface area contributed by atoms with Crippen LogP contribution < -0.4 is 4.74 Å². The minimum Gasteiger partial charge on any atom is -0.493 e. The number of imidazole rings is 1. The maximum absolute atomic E-state index is 13.2. The van der Waals surface area contributed by atoms with E-state index in [2.05, 4.69) is 14.5 Å². The van der Waals surface area contributed by atoms with Crippen molar-refractivity contribution in [3.8, 4) is 5.75 Å². The summed E-state index contributed by atoms with van der Waals surface area (Å²) in [5.74, 6) is 1.43. The van der Waals surface area contributed by atoms with Gasteiger partial charge in [-0.05, 0) is 36.1 Å². The van der Waals surface area contributed by atoms with Crippen LogP contribution in [0.15, 0.2) is 36.5 Å². The SMILES string of the molecule is Cn1c(CN2C[C@@H]3C(COc4ccc(F)c(F)c4)[C@@H]3C2)nc2cccnc21. The van der Waals surface area contributed by atoms with Crippen LogP contribution in [0.25, 0.3) is 11.2 Å². The number of rotatable bonds is 5. The van der Waals surface area contributed by atoms with Crippen molar-refractivity contribution in [3.05, 3.63) is 54.0 Å². The first-order chi connectivity index (χ1) is 13.1. The molecule has 2 aromatic heterocycles. The first kappa shape index (κ1) is 16.6. The highest BCUT2D eigenvalue weighted by Crippen LogP contribution is 2.52. The number of ether oxygens (including phenoxy) is 1. The number of pyridine rings is 1. The highest BCUT2D eigenvalue weighted by Gasteiger charge is 2.55. The first-order valence-electron chi connectivity index (χ1n) is 9.16. The smallest absolute Gasteiger partial charge is 0.162 e. The largest absolute Gasteiger partial charge is 0.493 e.